The van der Waals surface area contributed by atoms with Crippen molar-refractivity contribution in [3.63, 3.8) is 0 Å². The van der Waals surface area contributed by atoms with Gasteiger partial charge in [0.05, 0.1) is 33.0 Å². The zero-order chi connectivity index (χ0) is 29.2. The average molecular weight is 790 g/mol. The second-order valence-corrected chi connectivity index (χ2v) is 24.1. The largest absolute Gasteiger partial charge is 2.00 e. The smallest absolute Gasteiger partial charge is 0.786 e. The molecule has 2 aliphatic rings. The third-order valence-electron chi connectivity index (χ3n) is 9.10. The summed E-state index contributed by atoms with van der Waals surface area (Å²) in [5.41, 5.74) is 10.9. The molecule has 2 aliphatic heterocycles. The van der Waals surface area contributed by atoms with Crippen LogP contribution in [0, 0.1) is 11.8 Å². The van der Waals surface area contributed by atoms with Crippen LogP contribution < -0.4 is 0 Å². The van der Waals surface area contributed by atoms with E-state index >= 15 is 0 Å². The Morgan fingerprint density at radius 3 is 1.25 bits per heavy atom. The normalized spacial score (nSPS) is 19.8. The van der Waals surface area contributed by atoms with Crippen LogP contribution in [-0.4, -0.2) is 35.7 Å². The predicted molar refractivity (Wildman–Crippen MR) is 177 cm³/mol. The summed E-state index contributed by atoms with van der Waals surface area (Å²) in [6.07, 6.45) is 4.42. The van der Waals surface area contributed by atoms with Crippen LogP contribution in [0.1, 0.15) is 90.0 Å². The van der Waals surface area contributed by atoms with E-state index in [1.165, 1.54) is 11.4 Å². The molecule has 0 saturated heterocycles. The summed E-state index contributed by atoms with van der Waals surface area (Å²) in [6.45, 7) is 27.5. The summed E-state index contributed by atoms with van der Waals surface area (Å²) in [5, 5.41) is 10.6. The molecule has 0 fully saturated rings. The Morgan fingerprint density at radius 2 is 1.00 bits per heavy atom. The van der Waals surface area contributed by atoms with Gasteiger partial charge in [-0.3, -0.25) is 0 Å². The van der Waals surface area contributed by atoms with Gasteiger partial charge < -0.3 is 25.3 Å². The predicted octanol–water partition coefficient (Wildman–Crippen LogP) is 8.07. The van der Waals surface area contributed by atoms with E-state index in [0.29, 0.717) is 23.7 Å². The minimum absolute atomic E-state index is 0. The Hall–Kier alpha value is -1.06. The second-order valence-electron chi connectivity index (χ2n) is 14.0. The van der Waals surface area contributed by atoms with Crippen LogP contribution in [0.3, 0.4) is 0 Å². The van der Waals surface area contributed by atoms with Crippen LogP contribution in [0.25, 0.3) is 11.4 Å². The van der Waals surface area contributed by atoms with E-state index in [4.69, 9.17) is 35.5 Å². The van der Waals surface area contributed by atoms with Gasteiger partial charge in [-0.1, -0.05) is 79.1 Å². The molecule has 220 valence electrons. The Bertz CT molecular complexity index is 1300. The second kappa shape index (κ2) is 11.6. The molecular formula is C31H46N4PtS2Si2. The van der Waals surface area contributed by atoms with Crippen molar-refractivity contribution < 1.29 is 21.1 Å². The van der Waals surface area contributed by atoms with Gasteiger partial charge in [0.2, 0.25) is 0 Å². The zero-order valence-electron chi connectivity index (χ0n) is 26.2. The first-order valence-electron chi connectivity index (χ1n) is 14.3. The van der Waals surface area contributed by atoms with Crippen molar-refractivity contribution in [1.82, 2.24) is 19.6 Å². The summed E-state index contributed by atoms with van der Waals surface area (Å²) in [5.74, 6) is 1.65. The summed E-state index contributed by atoms with van der Waals surface area (Å²) in [6, 6.07) is 4.60. The maximum Gasteiger partial charge on any atom is 2.00 e. The monoisotopic (exact) mass is 789 g/mol. The first kappa shape index (κ1) is 33.4. The van der Waals surface area contributed by atoms with Crippen molar-refractivity contribution in [3.05, 3.63) is 67.5 Å². The van der Waals surface area contributed by atoms with Gasteiger partial charge in [-0.15, -0.1) is 0 Å². The molecule has 4 heterocycles. The minimum Gasteiger partial charge on any atom is -0.786 e. The van der Waals surface area contributed by atoms with Crippen molar-refractivity contribution in [3.8, 4) is 0 Å². The molecular weight excluding hydrogens is 744 g/mol. The molecule has 0 aliphatic carbocycles. The van der Waals surface area contributed by atoms with Gasteiger partial charge in [0.25, 0.3) is 0 Å². The van der Waals surface area contributed by atoms with Crippen molar-refractivity contribution in [1.29, 1.82) is 0 Å². The summed E-state index contributed by atoms with van der Waals surface area (Å²) in [7, 11) is -3.43. The Morgan fingerprint density at radius 1 is 0.675 bits per heavy atom. The van der Waals surface area contributed by atoms with Gasteiger partial charge in [0, 0.05) is 34.6 Å². The summed E-state index contributed by atoms with van der Waals surface area (Å²) >= 11 is 12.0. The Balaban J connectivity index is 0.00000441. The SMILES string of the molecule is CC(C)C(C)c1cc(C(C)(C)c2cc(C(C)C(C)C)n(C3=C([S-])[Si](C)(C)C=C3)n2)nn1C1=C([S-])[Si](C)(C)C=C1.[Pt+2]. The van der Waals surface area contributed by atoms with Crippen molar-refractivity contribution in [2.24, 2.45) is 11.8 Å². The number of nitrogens with zero attached hydrogens (tertiary/aromatic N) is 4. The van der Waals surface area contributed by atoms with Crippen molar-refractivity contribution in [2.45, 2.75) is 98.8 Å². The van der Waals surface area contributed by atoms with Crippen LogP contribution in [0.5, 0.6) is 0 Å². The molecule has 0 aromatic carbocycles. The third-order valence-corrected chi connectivity index (χ3v) is 17.5. The van der Waals surface area contributed by atoms with Gasteiger partial charge in [0.1, 0.15) is 0 Å². The number of hydrogen-bond acceptors (Lipinski definition) is 4. The van der Waals surface area contributed by atoms with E-state index in [1.807, 2.05) is 0 Å². The maximum atomic E-state index is 6.00. The van der Waals surface area contributed by atoms with Gasteiger partial charge in [0.15, 0.2) is 0 Å². The molecule has 0 radical (unpaired) electrons. The standard InChI is InChI=1S/C31H48N4S2Si2.Pt/c1-19(2)21(5)25-17-27(32-34(25)23-13-15-38(9,10)29(23)36)31(7,8)28-18-26(22(6)20(3)4)35(33-28)24-14-16-39(11,12)30(24)37;/h13-22,36-37H,1-12H3;/q;+2/p-2. The molecule has 0 spiro atoms. The quantitative estimate of drug-likeness (QED) is 0.200. The van der Waals surface area contributed by atoms with Crippen LogP contribution in [0.4, 0.5) is 0 Å². The molecule has 0 bridgehead atoms. The summed E-state index contributed by atoms with van der Waals surface area (Å²) in [4.78, 5) is 0. The number of aromatic nitrogens is 4. The fraction of sp³-hybridized carbons (Fsp3) is 0.548. The van der Waals surface area contributed by atoms with E-state index in [-0.39, 0.29) is 21.1 Å². The van der Waals surface area contributed by atoms with Gasteiger partial charge in [-0.25, -0.2) is 9.36 Å². The Kier molecular flexibility index (Phi) is 9.66. The molecule has 2 unspecified atom stereocenters. The number of hydrogen-bond donors (Lipinski definition) is 0. The van der Waals surface area contributed by atoms with Crippen molar-refractivity contribution in [2.75, 3.05) is 0 Å². The van der Waals surface area contributed by atoms with Crippen LogP contribution >= 0.6 is 0 Å². The molecule has 0 N–H and O–H groups in total. The topological polar surface area (TPSA) is 35.6 Å². The van der Waals surface area contributed by atoms with Crippen LogP contribution in [0.2, 0.25) is 26.2 Å². The fourth-order valence-electron chi connectivity index (χ4n) is 5.12. The van der Waals surface area contributed by atoms with Gasteiger partial charge in [-0.2, -0.15) is 19.3 Å². The molecule has 4 rings (SSSR count). The van der Waals surface area contributed by atoms with E-state index in [9.17, 15) is 0 Å². The fourth-order valence-corrected chi connectivity index (χ4v) is 8.99. The molecule has 0 saturated carbocycles. The molecule has 2 aromatic heterocycles. The molecule has 2 atom stereocenters. The molecule has 2 aromatic rings. The third kappa shape index (κ3) is 5.77. The first-order valence-corrected chi connectivity index (χ1v) is 21.3. The number of rotatable bonds is 8. The van der Waals surface area contributed by atoms with Gasteiger partial charge in [-0.05, 0) is 50.0 Å². The molecule has 0 amide bonds. The van der Waals surface area contributed by atoms with E-state index in [0.717, 1.165) is 31.8 Å². The van der Waals surface area contributed by atoms with Gasteiger partial charge >= 0.3 is 21.1 Å². The average Bonchev–Trinajstić information content (AvgIpc) is 3.59. The van der Waals surface area contributed by atoms with E-state index in [2.05, 4.69) is 127 Å². The summed E-state index contributed by atoms with van der Waals surface area (Å²) < 4.78 is 6.45. The zero-order valence-corrected chi connectivity index (χ0v) is 32.1. The number of allylic oxidation sites excluding steroid dienone is 4. The van der Waals surface area contributed by atoms with E-state index in [1.54, 1.807) is 0 Å². The maximum absolute atomic E-state index is 6.00. The van der Waals surface area contributed by atoms with E-state index < -0.39 is 21.6 Å². The Labute approximate surface area is 270 Å². The molecule has 4 nitrogen and oxygen atoms in total. The first-order chi connectivity index (χ1) is 17.9. The van der Waals surface area contributed by atoms with Crippen LogP contribution in [0.15, 0.2) is 44.7 Å². The molecule has 9 heteroatoms. The minimum atomic E-state index is -1.72. The molecule has 40 heavy (non-hydrogen) atoms. The van der Waals surface area contributed by atoms with Crippen LogP contribution in [-0.2, 0) is 51.7 Å². The van der Waals surface area contributed by atoms with Crippen molar-refractivity contribution >= 4 is 52.8 Å².